The van der Waals surface area contributed by atoms with Gasteiger partial charge >= 0.3 is 0 Å². The summed E-state index contributed by atoms with van der Waals surface area (Å²) in [6.07, 6.45) is 4.90. The third kappa shape index (κ3) is 2.55. The minimum atomic E-state index is -0.244. The zero-order chi connectivity index (χ0) is 8.97. The average Bonchev–Trinajstić information content (AvgIpc) is 2.04. The molecule has 2 nitrogen and oxygen atoms in total. The van der Waals surface area contributed by atoms with Crippen molar-refractivity contribution in [2.45, 2.75) is 13.0 Å². The van der Waals surface area contributed by atoms with E-state index in [0.717, 1.165) is 4.60 Å². The van der Waals surface area contributed by atoms with E-state index in [9.17, 15) is 0 Å². The molecule has 62 valence electrons. The van der Waals surface area contributed by atoms with Gasteiger partial charge in [-0.1, -0.05) is 12.0 Å². The lowest BCUT2D eigenvalue weighted by Crippen LogP contribution is -2.08. The van der Waals surface area contributed by atoms with E-state index >= 15 is 0 Å². The maximum atomic E-state index is 5.27. The summed E-state index contributed by atoms with van der Waals surface area (Å²) in [6.45, 7) is 1.79. The molecule has 1 atom stereocenters. The second kappa shape index (κ2) is 4.13. The van der Waals surface area contributed by atoms with E-state index in [0.29, 0.717) is 5.88 Å². The Morgan fingerprint density at radius 3 is 3.00 bits per heavy atom. The Bertz CT molecular complexity index is 306. The Labute approximate surface area is 80.1 Å². The van der Waals surface area contributed by atoms with Crippen LogP contribution in [0.4, 0.5) is 0 Å². The van der Waals surface area contributed by atoms with E-state index in [2.05, 4.69) is 26.8 Å². The van der Waals surface area contributed by atoms with Crippen molar-refractivity contribution in [3.05, 3.63) is 22.8 Å². The minimum absolute atomic E-state index is 0.244. The summed E-state index contributed by atoms with van der Waals surface area (Å²) < 4.78 is 6.01. The number of ether oxygens (including phenoxy) is 1. The molecule has 0 aliphatic carbocycles. The van der Waals surface area contributed by atoms with Crippen LogP contribution in [0.1, 0.15) is 6.92 Å². The minimum Gasteiger partial charge on any atom is -0.461 e. The molecule has 0 saturated heterocycles. The summed E-state index contributed by atoms with van der Waals surface area (Å²) in [6, 6.07) is 5.43. The van der Waals surface area contributed by atoms with Crippen LogP contribution in [0.2, 0.25) is 0 Å². The number of pyridine rings is 1. The van der Waals surface area contributed by atoms with Crippen LogP contribution in [0, 0.1) is 12.3 Å². The van der Waals surface area contributed by atoms with Crippen LogP contribution in [0.15, 0.2) is 22.8 Å². The van der Waals surface area contributed by atoms with E-state index in [4.69, 9.17) is 11.2 Å². The average molecular weight is 226 g/mol. The quantitative estimate of drug-likeness (QED) is 0.569. The summed E-state index contributed by atoms with van der Waals surface area (Å²) in [5.41, 5.74) is 0. The first-order valence-corrected chi connectivity index (χ1v) is 4.27. The van der Waals surface area contributed by atoms with Gasteiger partial charge in [0.2, 0.25) is 5.88 Å². The number of aromatic nitrogens is 1. The molecule has 1 unspecified atom stereocenters. The second-order valence-corrected chi connectivity index (χ2v) is 3.04. The highest BCUT2D eigenvalue weighted by Crippen LogP contribution is 2.12. The van der Waals surface area contributed by atoms with E-state index in [1.807, 2.05) is 12.1 Å². The first-order chi connectivity index (χ1) is 5.72. The van der Waals surface area contributed by atoms with Crippen molar-refractivity contribution >= 4 is 15.9 Å². The van der Waals surface area contributed by atoms with Crippen molar-refractivity contribution < 1.29 is 4.74 Å². The van der Waals surface area contributed by atoms with Crippen LogP contribution in [0.3, 0.4) is 0 Å². The second-order valence-electron chi connectivity index (χ2n) is 2.23. The van der Waals surface area contributed by atoms with Gasteiger partial charge in [-0.25, -0.2) is 4.98 Å². The van der Waals surface area contributed by atoms with Gasteiger partial charge in [0, 0.05) is 6.07 Å². The smallest absolute Gasteiger partial charge is 0.215 e. The topological polar surface area (TPSA) is 22.1 Å². The summed E-state index contributed by atoms with van der Waals surface area (Å²) in [4.78, 5) is 4.06. The van der Waals surface area contributed by atoms with E-state index in [1.165, 1.54) is 0 Å². The predicted molar refractivity (Wildman–Crippen MR) is 50.9 cm³/mol. The molecule has 0 aliphatic rings. The molecule has 0 bridgehead atoms. The monoisotopic (exact) mass is 225 g/mol. The van der Waals surface area contributed by atoms with Gasteiger partial charge in [0.05, 0.1) is 0 Å². The molecule has 0 N–H and O–H groups in total. The number of halogens is 1. The Kier molecular flexibility index (Phi) is 3.12. The molecule has 0 saturated carbocycles. The standard InChI is InChI=1S/C9H8BrNO/c1-3-7(2)12-9-6-4-5-8(10)11-9/h1,4-7H,2H3. The Balaban J connectivity index is 2.71. The van der Waals surface area contributed by atoms with Gasteiger partial charge in [-0.3, -0.25) is 0 Å². The predicted octanol–water partition coefficient (Wildman–Crippen LogP) is 2.24. The molecule has 0 fully saturated rings. The largest absolute Gasteiger partial charge is 0.461 e. The molecule has 0 radical (unpaired) electrons. The van der Waals surface area contributed by atoms with Gasteiger partial charge in [0.25, 0.3) is 0 Å². The lowest BCUT2D eigenvalue weighted by molar-refractivity contribution is 0.267. The maximum Gasteiger partial charge on any atom is 0.215 e. The molecule has 1 heterocycles. The SMILES string of the molecule is C#CC(C)Oc1cccc(Br)n1. The van der Waals surface area contributed by atoms with E-state index in [1.54, 1.807) is 13.0 Å². The van der Waals surface area contributed by atoms with Crippen LogP contribution in [0.25, 0.3) is 0 Å². The van der Waals surface area contributed by atoms with Crippen molar-refractivity contribution in [1.82, 2.24) is 4.98 Å². The van der Waals surface area contributed by atoms with Gasteiger partial charge in [-0.2, -0.15) is 0 Å². The Morgan fingerprint density at radius 2 is 2.42 bits per heavy atom. The van der Waals surface area contributed by atoms with Gasteiger partial charge in [0.1, 0.15) is 4.60 Å². The number of terminal acetylenes is 1. The molecule has 0 amide bonds. The number of rotatable bonds is 2. The fourth-order valence-corrected chi connectivity index (χ4v) is 0.998. The highest BCUT2D eigenvalue weighted by Gasteiger charge is 1.99. The molecule has 0 aromatic carbocycles. The van der Waals surface area contributed by atoms with E-state index in [-0.39, 0.29) is 6.10 Å². The molecule has 1 rings (SSSR count). The first-order valence-electron chi connectivity index (χ1n) is 3.47. The third-order valence-electron chi connectivity index (χ3n) is 1.22. The van der Waals surface area contributed by atoms with E-state index < -0.39 is 0 Å². The fraction of sp³-hybridized carbons (Fsp3) is 0.222. The summed E-state index contributed by atoms with van der Waals surface area (Å²) >= 11 is 3.23. The van der Waals surface area contributed by atoms with Crippen LogP contribution in [0.5, 0.6) is 5.88 Å². The molecule has 0 aliphatic heterocycles. The summed E-state index contributed by atoms with van der Waals surface area (Å²) in [5.74, 6) is 2.99. The van der Waals surface area contributed by atoms with Crippen molar-refractivity contribution in [1.29, 1.82) is 0 Å². The number of hydrogen-bond acceptors (Lipinski definition) is 2. The van der Waals surface area contributed by atoms with Crippen LogP contribution in [-0.4, -0.2) is 11.1 Å². The van der Waals surface area contributed by atoms with Gasteiger partial charge in [-0.05, 0) is 28.9 Å². The van der Waals surface area contributed by atoms with Crippen LogP contribution in [-0.2, 0) is 0 Å². The highest BCUT2D eigenvalue weighted by atomic mass is 79.9. The summed E-state index contributed by atoms with van der Waals surface area (Å²) in [5, 5.41) is 0. The van der Waals surface area contributed by atoms with Gasteiger partial charge in [0.15, 0.2) is 6.10 Å². The van der Waals surface area contributed by atoms with Gasteiger partial charge < -0.3 is 4.74 Å². The Morgan fingerprint density at radius 1 is 1.67 bits per heavy atom. The normalized spacial score (nSPS) is 11.8. The molecular formula is C9H8BrNO. The Hall–Kier alpha value is -1.01. The third-order valence-corrected chi connectivity index (χ3v) is 1.66. The fourth-order valence-electron chi connectivity index (χ4n) is 0.670. The number of nitrogens with zero attached hydrogens (tertiary/aromatic N) is 1. The molecule has 0 spiro atoms. The lowest BCUT2D eigenvalue weighted by atomic mass is 10.4. The zero-order valence-electron chi connectivity index (χ0n) is 6.62. The molecule has 1 aromatic rings. The molecule has 12 heavy (non-hydrogen) atoms. The van der Waals surface area contributed by atoms with Crippen molar-refractivity contribution in [2.75, 3.05) is 0 Å². The number of hydrogen-bond donors (Lipinski definition) is 0. The highest BCUT2D eigenvalue weighted by molar-refractivity contribution is 9.10. The van der Waals surface area contributed by atoms with Gasteiger partial charge in [-0.15, -0.1) is 6.42 Å². The van der Waals surface area contributed by atoms with Crippen molar-refractivity contribution in [3.8, 4) is 18.2 Å². The molecule has 3 heteroatoms. The van der Waals surface area contributed by atoms with Crippen molar-refractivity contribution in [3.63, 3.8) is 0 Å². The molecule has 1 aromatic heterocycles. The maximum absolute atomic E-state index is 5.27. The zero-order valence-corrected chi connectivity index (χ0v) is 8.21. The van der Waals surface area contributed by atoms with Crippen molar-refractivity contribution in [2.24, 2.45) is 0 Å². The first kappa shape index (κ1) is 9.08. The van der Waals surface area contributed by atoms with Crippen LogP contribution >= 0.6 is 15.9 Å². The van der Waals surface area contributed by atoms with Crippen LogP contribution < -0.4 is 4.74 Å². The summed E-state index contributed by atoms with van der Waals surface area (Å²) in [7, 11) is 0. The molecular weight excluding hydrogens is 218 g/mol. The lowest BCUT2D eigenvalue weighted by Gasteiger charge is -2.06.